The molecule has 0 saturated carbocycles. The smallest absolute Gasteiger partial charge is 0.409 e. The van der Waals surface area contributed by atoms with Gasteiger partial charge in [-0.15, -0.1) is 0 Å². The average Bonchev–Trinajstić information content (AvgIpc) is 3.62. The van der Waals surface area contributed by atoms with Crippen LogP contribution in [0, 0.1) is 0 Å². The lowest BCUT2D eigenvalue weighted by atomic mass is 9.97. The van der Waals surface area contributed by atoms with Gasteiger partial charge in [-0.1, -0.05) is 42.5 Å². The zero-order valence-corrected chi connectivity index (χ0v) is 23.2. The number of para-hydroxylation sites is 1. The van der Waals surface area contributed by atoms with E-state index >= 15 is 0 Å². The number of fused-ring (bicyclic) bond motifs is 2. The van der Waals surface area contributed by atoms with E-state index in [1.807, 2.05) is 28.9 Å². The third-order valence-electron chi connectivity index (χ3n) is 7.64. The Morgan fingerprint density at radius 3 is 2.74 bits per heavy atom. The standard InChI is InChI=1S/C32H31N5O5/c1-2-41-32(40)36-15-13-22(18-36)37-28-11-10-20(23-7-5-8-25-24(23)12-14-34-31(25)33)16-26(28)27(35-37)19-42-29-9-4-3-6-21(29)17-30(38)39/h3-12,14,16,22H,2,13,15,17-19H2,1H3,(H2,33,34)(H,38,39)/t22-/m0/s1. The number of anilines is 1. The molecule has 1 amide bonds. The van der Waals surface area contributed by atoms with Crippen molar-refractivity contribution in [1.82, 2.24) is 19.7 Å². The van der Waals surface area contributed by atoms with Crippen molar-refractivity contribution in [2.75, 3.05) is 25.4 Å². The SMILES string of the molecule is CCOC(=O)N1CC[C@H](n2nc(COc3ccccc3CC(=O)O)c3cc(-c4cccc5c(N)nccc45)ccc32)C1. The molecule has 3 aromatic carbocycles. The van der Waals surface area contributed by atoms with Crippen molar-refractivity contribution in [3.05, 3.63) is 84.2 Å². The maximum atomic E-state index is 12.4. The summed E-state index contributed by atoms with van der Waals surface area (Å²) in [5, 5.41) is 17.1. The number of hydrogen-bond donors (Lipinski definition) is 2. The van der Waals surface area contributed by atoms with E-state index in [1.165, 1.54) is 0 Å². The van der Waals surface area contributed by atoms with Crippen molar-refractivity contribution < 1.29 is 24.2 Å². The summed E-state index contributed by atoms with van der Waals surface area (Å²) in [6.45, 7) is 3.35. The molecule has 3 heterocycles. The second-order valence-electron chi connectivity index (χ2n) is 10.3. The highest BCUT2D eigenvalue weighted by atomic mass is 16.6. The second kappa shape index (κ2) is 11.4. The summed E-state index contributed by atoms with van der Waals surface area (Å²) < 4.78 is 13.4. The third kappa shape index (κ3) is 5.18. The van der Waals surface area contributed by atoms with E-state index in [1.54, 1.807) is 36.2 Å². The summed E-state index contributed by atoms with van der Waals surface area (Å²) >= 11 is 0. The second-order valence-corrected chi connectivity index (χ2v) is 10.3. The van der Waals surface area contributed by atoms with Crippen LogP contribution >= 0.6 is 0 Å². The fraction of sp³-hybridized carbons (Fsp3) is 0.250. The quantitative estimate of drug-likeness (QED) is 0.254. The monoisotopic (exact) mass is 565 g/mol. The maximum absolute atomic E-state index is 12.4. The molecular formula is C32H31N5O5. The molecule has 1 atom stereocenters. The first-order chi connectivity index (χ1) is 20.4. The number of carbonyl (C=O) groups is 2. The number of nitrogens with two attached hydrogens (primary N) is 1. The molecule has 0 spiro atoms. The molecule has 1 saturated heterocycles. The Bertz CT molecular complexity index is 1800. The Labute approximate surface area is 242 Å². The van der Waals surface area contributed by atoms with Crippen LogP contribution in [0.25, 0.3) is 32.8 Å². The lowest BCUT2D eigenvalue weighted by molar-refractivity contribution is -0.136. The van der Waals surface area contributed by atoms with Gasteiger partial charge in [0, 0.05) is 35.6 Å². The van der Waals surface area contributed by atoms with Crippen LogP contribution in [-0.2, 0) is 22.6 Å². The molecule has 10 heteroatoms. The fourth-order valence-electron chi connectivity index (χ4n) is 5.66. The van der Waals surface area contributed by atoms with Gasteiger partial charge in [-0.25, -0.2) is 9.78 Å². The first-order valence-corrected chi connectivity index (χ1v) is 13.9. The number of aliphatic carboxylic acids is 1. The van der Waals surface area contributed by atoms with Gasteiger partial charge >= 0.3 is 12.1 Å². The molecule has 1 fully saturated rings. The van der Waals surface area contributed by atoms with Gasteiger partial charge in [0.2, 0.25) is 0 Å². The van der Waals surface area contributed by atoms with Crippen molar-refractivity contribution in [3.63, 3.8) is 0 Å². The number of pyridine rings is 1. The number of carboxylic acids is 1. The summed E-state index contributed by atoms with van der Waals surface area (Å²) in [7, 11) is 0. The molecule has 2 aromatic heterocycles. The number of carbonyl (C=O) groups excluding carboxylic acids is 1. The highest BCUT2D eigenvalue weighted by molar-refractivity contribution is 6.02. The third-order valence-corrected chi connectivity index (χ3v) is 7.64. The lowest BCUT2D eigenvalue weighted by Gasteiger charge is -2.16. The van der Waals surface area contributed by atoms with Crippen molar-refractivity contribution in [2.24, 2.45) is 0 Å². The fourth-order valence-corrected chi connectivity index (χ4v) is 5.66. The zero-order chi connectivity index (χ0) is 29.2. The Balaban J connectivity index is 1.41. The summed E-state index contributed by atoms with van der Waals surface area (Å²) in [5.41, 5.74) is 10.4. The minimum absolute atomic E-state index is 0.0285. The number of hydrogen-bond acceptors (Lipinski definition) is 7. The highest BCUT2D eigenvalue weighted by Gasteiger charge is 2.30. The number of carboxylic acid groups (broad SMARTS) is 1. The number of benzene rings is 3. The Kier molecular flexibility index (Phi) is 7.35. The lowest BCUT2D eigenvalue weighted by Crippen LogP contribution is -2.29. The zero-order valence-electron chi connectivity index (χ0n) is 23.2. The molecule has 10 nitrogen and oxygen atoms in total. The molecule has 0 bridgehead atoms. The van der Waals surface area contributed by atoms with E-state index in [0.717, 1.165) is 39.2 Å². The minimum Gasteiger partial charge on any atom is -0.487 e. The van der Waals surface area contributed by atoms with Gasteiger partial charge in [0.25, 0.3) is 0 Å². The van der Waals surface area contributed by atoms with E-state index in [4.69, 9.17) is 20.3 Å². The summed E-state index contributed by atoms with van der Waals surface area (Å²) in [4.78, 5) is 29.7. The van der Waals surface area contributed by atoms with Crippen LogP contribution in [-0.4, -0.2) is 56.5 Å². The predicted octanol–water partition coefficient (Wildman–Crippen LogP) is 5.44. The van der Waals surface area contributed by atoms with Gasteiger partial charge in [0.05, 0.1) is 24.6 Å². The number of amides is 1. The normalized spacial score (nSPS) is 14.9. The van der Waals surface area contributed by atoms with E-state index in [2.05, 4.69) is 29.2 Å². The van der Waals surface area contributed by atoms with Crippen molar-refractivity contribution in [1.29, 1.82) is 0 Å². The maximum Gasteiger partial charge on any atom is 0.409 e. The molecule has 5 aromatic rings. The molecule has 214 valence electrons. The molecular weight excluding hydrogens is 534 g/mol. The van der Waals surface area contributed by atoms with Gasteiger partial charge in [-0.2, -0.15) is 5.10 Å². The topological polar surface area (TPSA) is 133 Å². The Morgan fingerprint density at radius 1 is 1.05 bits per heavy atom. The molecule has 0 radical (unpaired) electrons. The van der Waals surface area contributed by atoms with Crippen molar-refractivity contribution in [2.45, 2.75) is 32.4 Å². The number of aromatic nitrogens is 3. The minimum atomic E-state index is -0.927. The summed E-state index contributed by atoms with van der Waals surface area (Å²) in [6.07, 6.45) is 2.00. The largest absolute Gasteiger partial charge is 0.487 e. The van der Waals surface area contributed by atoms with E-state index in [0.29, 0.717) is 42.5 Å². The molecule has 0 aliphatic carbocycles. The van der Waals surface area contributed by atoms with Crippen LogP contribution in [0.3, 0.4) is 0 Å². The first-order valence-electron chi connectivity index (χ1n) is 13.9. The Hall–Kier alpha value is -5.12. The van der Waals surface area contributed by atoms with Gasteiger partial charge in [0.1, 0.15) is 23.9 Å². The number of nitrogen functional groups attached to an aromatic ring is 1. The average molecular weight is 566 g/mol. The molecule has 1 aliphatic rings. The molecule has 6 rings (SSSR count). The highest BCUT2D eigenvalue weighted by Crippen LogP contribution is 2.35. The number of nitrogens with zero attached hydrogens (tertiary/aromatic N) is 4. The van der Waals surface area contributed by atoms with E-state index < -0.39 is 5.97 Å². The van der Waals surface area contributed by atoms with E-state index in [-0.39, 0.29) is 25.2 Å². The van der Waals surface area contributed by atoms with E-state index in [9.17, 15) is 14.7 Å². The van der Waals surface area contributed by atoms with Crippen molar-refractivity contribution in [3.8, 4) is 16.9 Å². The van der Waals surface area contributed by atoms with Crippen LogP contribution in [0.1, 0.15) is 30.6 Å². The van der Waals surface area contributed by atoms with Crippen LogP contribution in [0.4, 0.5) is 10.6 Å². The number of rotatable bonds is 8. The van der Waals surface area contributed by atoms with Gasteiger partial charge < -0.3 is 25.2 Å². The molecule has 1 aliphatic heterocycles. The van der Waals surface area contributed by atoms with Crippen LogP contribution in [0.2, 0.25) is 0 Å². The van der Waals surface area contributed by atoms with Crippen LogP contribution < -0.4 is 10.5 Å². The van der Waals surface area contributed by atoms with Crippen LogP contribution in [0.5, 0.6) is 5.75 Å². The number of ether oxygens (including phenoxy) is 2. The Morgan fingerprint density at radius 2 is 1.90 bits per heavy atom. The van der Waals surface area contributed by atoms with Crippen molar-refractivity contribution >= 4 is 39.6 Å². The van der Waals surface area contributed by atoms with Gasteiger partial charge in [-0.3, -0.25) is 9.48 Å². The van der Waals surface area contributed by atoms with Crippen LogP contribution in [0.15, 0.2) is 72.9 Å². The summed E-state index contributed by atoms with van der Waals surface area (Å²) in [6, 6.07) is 21.3. The molecule has 42 heavy (non-hydrogen) atoms. The first kappa shape index (κ1) is 27.1. The predicted molar refractivity (Wildman–Crippen MR) is 159 cm³/mol. The summed E-state index contributed by atoms with van der Waals surface area (Å²) in [5.74, 6) is 0.0543. The number of likely N-dealkylation sites (tertiary alicyclic amines) is 1. The molecule has 0 unspecified atom stereocenters. The van der Waals surface area contributed by atoms with Gasteiger partial charge in [-0.05, 0) is 54.1 Å². The molecule has 3 N–H and O–H groups in total. The van der Waals surface area contributed by atoms with Gasteiger partial charge in [0.15, 0.2) is 0 Å².